The number of nitrogens with zero attached hydrogens (tertiary/aromatic N) is 3. The van der Waals surface area contributed by atoms with Gasteiger partial charge in [0.15, 0.2) is 0 Å². The van der Waals surface area contributed by atoms with E-state index in [0.29, 0.717) is 0 Å². The number of thioether (sulfide) groups is 1. The van der Waals surface area contributed by atoms with Gasteiger partial charge in [-0.05, 0) is 44.2 Å². The van der Waals surface area contributed by atoms with Crippen molar-refractivity contribution >= 4 is 17.6 Å². The maximum Gasteiger partial charge on any atom is 0.131 e. The lowest BCUT2D eigenvalue weighted by Crippen LogP contribution is -2.20. The summed E-state index contributed by atoms with van der Waals surface area (Å²) in [7, 11) is 2.08. The van der Waals surface area contributed by atoms with Crippen LogP contribution in [0, 0.1) is 13.8 Å². The van der Waals surface area contributed by atoms with Crippen molar-refractivity contribution in [3.63, 3.8) is 0 Å². The lowest BCUT2D eigenvalue weighted by Gasteiger charge is -2.17. The summed E-state index contributed by atoms with van der Waals surface area (Å²) in [6, 6.07) is 10.7. The topological polar surface area (TPSA) is 29.0 Å². The minimum atomic E-state index is 0.823. The molecule has 2 rings (SSSR count). The van der Waals surface area contributed by atoms with Crippen LogP contribution in [0.25, 0.3) is 0 Å². The monoisotopic (exact) mass is 287 g/mol. The van der Waals surface area contributed by atoms with Gasteiger partial charge in [-0.1, -0.05) is 17.7 Å². The fraction of sp³-hybridized carbons (Fsp3) is 0.375. The fourth-order valence-electron chi connectivity index (χ4n) is 1.90. The van der Waals surface area contributed by atoms with E-state index in [9.17, 15) is 0 Å². The maximum atomic E-state index is 4.43. The standard InChI is InChI=1S/C16H21N3S/c1-13-5-7-15(8-6-13)20-12-4-11-19(3)16-9-10-17-14(2)18-16/h5-10H,4,11-12H2,1-3H3. The lowest BCUT2D eigenvalue weighted by atomic mass is 10.2. The summed E-state index contributed by atoms with van der Waals surface area (Å²) >= 11 is 1.91. The van der Waals surface area contributed by atoms with Crippen molar-refractivity contribution in [3.05, 3.63) is 47.9 Å². The molecule has 106 valence electrons. The zero-order valence-electron chi connectivity index (χ0n) is 12.3. The molecule has 1 heterocycles. The van der Waals surface area contributed by atoms with Crippen LogP contribution in [0.3, 0.4) is 0 Å². The largest absolute Gasteiger partial charge is 0.360 e. The molecule has 0 saturated carbocycles. The summed E-state index contributed by atoms with van der Waals surface area (Å²) in [5, 5.41) is 0. The summed E-state index contributed by atoms with van der Waals surface area (Å²) in [6.07, 6.45) is 2.95. The first-order valence-corrected chi connectivity index (χ1v) is 7.84. The Morgan fingerprint density at radius 3 is 2.55 bits per heavy atom. The van der Waals surface area contributed by atoms with Crippen LogP contribution in [-0.4, -0.2) is 29.3 Å². The van der Waals surface area contributed by atoms with E-state index < -0.39 is 0 Å². The molecule has 0 aliphatic rings. The molecule has 0 bridgehead atoms. The zero-order chi connectivity index (χ0) is 14.4. The SMILES string of the molecule is Cc1ccc(SCCCN(C)c2ccnc(C)n2)cc1. The number of aromatic nitrogens is 2. The quantitative estimate of drug-likeness (QED) is 0.598. The second-order valence-corrected chi connectivity index (χ2v) is 6.07. The molecule has 0 radical (unpaired) electrons. The molecule has 0 fully saturated rings. The fourth-order valence-corrected chi connectivity index (χ4v) is 2.73. The minimum absolute atomic E-state index is 0.823. The Morgan fingerprint density at radius 2 is 1.85 bits per heavy atom. The number of aryl methyl sites for hydroxylation is 2. The van der Waals surface area contributed by atoms with Crippen molar-refractivity contribution in [1.82, 2.24) is 9.97 Å². The molecular weight excluding hydrogens is 266 g/mol. The van der Waals surface area contributed by atoms with Gasteiger partial charge >= 0.3 is 0 Å². The van der Waals surface area contributed by atoms with Gasteiger partial charge in [-0.25, -0.2) is 9.97 Å². The van der Waals surface area contributed by atoms with E-state index in [0.717, 1.165) is 30.4 Å². The minimum Gasteiger partial charge on any atom is -0.360 e. The maximum absolute atomic E-state index is 4.43. The molecule has 0 N–H and O–H groups in total. The highest BCUT2D eigenvalue weighted by Gasteiger charge is 2.02. The number of hydrogen-bond acceptors (Lipinski definition) is 4. The van der Waals surface area contributed by atoms with Crippen molar-refractivity contribution in [3.8, 4) is 0 Å². The van der Waals surface area contributed by atoms with Crippen LogP contribution in [0.4, 0.5) is 5.82 Å². The Kier molecular flexibility index (Phi) is 5.41. The third kappa shape index (κ3) is 4.53. The predicted molar refractivity (Wildman–Crippen MR) is 86.6 cm³/mol. The van der Waals surface area contributed by atoms with E-state index >= 15 is 0 Å². The van der Waals surface area contributed by atoms with Crippen molar-refractivity contribution in [2.75, 3.05) is 24.2 Å². The van der Waals surface area contributed by atoms with Crippen LogP contribution < -0.4 is 4.90 Å². The summed E-state index contributed by atoms with van der Waals surface area (Å²) in [6.45, 7) is 5.05. The Labute approximate surface area is 125 Å². The molecule has 0 amide bonds. The predicted octanol–water partition coefficient (Wildman–Crippen LogP) is 3.71. The first kappa shape index (κ1) is 14.9. The number of benzene rings is 1. The highest BCUT2D eigenvalue weighted by molar-refractivity contribution is 7.99. The van der Waals surface area contributed by atoms with E-state index in [1.54, 1.807) is 0 Å². The van der Waals surface area contributed by atoms with Crippen LogP contribution in [0.5, 0.6) is 0 Å². The molecule has 1 aromatic carbocycles. The van der Waals surface area contributed by atoms with Gasteiger partial charge in [0.05, 0.1) is 0 Å². The highest BCUT2D eigenvalue weighted by Crippen LogP contribution is 2.19. The third-order valence-corrected chi connectivity index (χ3v) is 4.18. The molecule has 0 unspecified atom stereocenters. The van der Waals surface area contributed by atoms with Gasteiger partial charge in [0.2, 0.25) is 0 Å². The molecule has 1 aromatic heterocycles. The Balaban J connectivity index is 1.74. The molecule has 4 heteroatoms. The molecular formula is C16H21N3S. The van der Waals surface area contributed by atoms with E-state index in [4.69, 9.17) is 0 Å². The molecule has 20 heavy (non-hydrogen) atoms. The van der Waals surface area contributed by atoms with E-state index in [-0.39, 0.29) is 0 Å². The molecule has 2 aromatic rings. The van der Waals surface area contributed by atoms with Gasteiger partial charge in [-0.3, -0.25) is 0 Å². The van der Waals surface area contributed by atoms with Crippen molar-refractivity contribution < 1.29 is 0 Å². The van der Waals surface area contributed by atoms with Crippen molar-refractivity contribution in [2.24, 2.45) is 0 Å². The Morgan fingerprint density at radius 1 is 1.10 bits per heavy atom. The summed E-state index contributed by atoms with van der Waals surface area (Å²) in [4.78, 5) is 12.1. The zero-order valence-corrected chi connectivity index (χ0v) is 13.2. The second kappa shape index (κ2) is 7.29. The van der Waals surface area contributed by atoms with Gasteiger partial charge < -0.3 is 4.90 Å². The van der Waals surface area contributed by atoms with Crippen LogP contribution in [0.1, 0.15) is 17.8 Å². The van der Waals surface area contributed by atoms with Crippen molar-refractivity contribution in [2.45, 2.75) is 25.2 Å². The number of hydrogen-bond donors (Lipinski definition) is 0. The van der Waals surface area contributed by atoms with E-state index in [1.807, 2.05) is 30.9 Å². The van der Waals surface area contributed by atoms with Gasteiger partial charge in [-0.2, -0.15) is 0 Å². The van der Waals surface area contributed by atoms with Gasteiger partial charge in [-0.15, -0.1) is 11.8 Å². The van der Waals surface area contributed by atoms with Crippen LogP contribution in [-0.2, 0) is 0 Å². The summed E-state index contributed by atoms with van der Waals surface area (Å²) in [5.74, 6) is 2.94. The average molecular weight is 287 g/mol. The summed E-state index contributed by atoms with van der Waals surface area (Å²) < 4.78 is 0. The van der Waals surface area contributed by atoms with Crippen molar-refractivity contribution in [1.29, 1.82) is 0 Å². The first-order valence-electron chi connectivity index (χ1n) is 6.85. The normalized spacial score (nSPS) is 10.6. The van der Waals surface area contributed by atoms with Gasteiger partial charge in [0.1, 0.15) is 11.6 Å². The first-order chi connectivity index (χ1) is 9.65. The molecule has 3 nitrogen and oxygen atoms in total. The Bertz CT molecular complexity index is 540. The van der Waals surface area contributed by atoms with Gasteiger partial charge in [0.25, 0.3) is 0 Å². The van der Waals surface area contributed by atoms with Crippen LogP contribution in [0.15, 0.2) is 41.4 Å². The molecule has 0 aliphatic carbocycles. The Hall–Kier alpha value is -1.55. The smallest absolute Gasteiger partial charge is 0.131 e. The molecule has 0 aliphatic heterocycles. The van der Waals surface area contributed by atoms with Gasteiger partial charge in [0, 0.05) is 24.7 Å². The average Bonchev–Trinajstić information content (AvgIpc) is 2.45. The van der Waals surface area contributed by atoms with E-state index in [1.165, 1.54) is 10.5 Å². The third-order valence-electron chi connectivity index (χ3n) is 3.08. The van der Waals surface area contributed by atoms with Crippen LogP contribution in [0.2, 0.25) is 0 Å². The molecule has 0 atom stereocenters. The van der Waals surface area contributed by atoms with Crippen LogP contribution >= 0.6 is 11.8 Å². The molecule has 0 saturated heterocycles. The highest BCUT2D eigenvalue weighted by atomic mass is 32.2. The molecule has 0 spiro atoms. The van der Waals surface area contributed by atoms with E-state index in [2.05, 4.69) is 53.1 Å². The number of rotatable bonds is 6. The number of anilines is 1. The second-order valence-electron chi connectivity index (χ2n) is 4.90. The summed E-state index contributed by atoms with van der Waals surface area (Å²) in [5.41, 5.74) is 1.31. The lowest BCUT2D eigenvalue weighted by molar-refractivity contribution is 0.835.